The molecule has 114 valence electrons. The number of rotatable bonds is 4. The Labute approximate surface area is 136 Å². The Kier molecular flexibility index (Phi) is 5.35. The molecule has 2 aromatic rings. The topological polar surface area (TPSA) is 58.2 Å². The van der Waals surface area contributed by atoms with Crippen molar-refractivity contribution in [3.63, 3.8) is 0 Å². The van der Waals surface area contributed by atoms with Gasteiger partial charge in [0.2, 0.25) is 5.91 Å². The Morgan fingerprint density at radius 3 is 2.45 bits per heavy atom. The minimum absolute atomic E-state index is 0.0992. The second-order valence-electron chi connectivity index (χ2n) is 4.34. The normalized spacial score (nSPS) is 10.1. The van der Waals surface area contributed by atoms with Crippen molar-refractivity contribution >= 4 is 40.7 Å². The van der Waals surface area contributed by atoms with Gasteiger partial charge in [0, 0.05) is 5.69 Å². The lowest BCUT2D eigenvalue weighted by atomic mass is 10.2. The molecule has 0 spiro atoms. The molecule has 0 saturated heterocycles. The van der Waals surface area contributed by atoms with Crippen molar-refractivity contribution in [3.8, 4) is 0 Å². The number of amides is 2. The largest absolute Gasteiger partial charge is 0.343 e. The number of nitrogens with one attached hydrogen (secondary N) is 2. The molecule has 7 heteroatoms. The summed E-state index contributed by atoms with van der Waals surface area (Å²) in [4.78, 5) is 23.6. The highest BCUT2D eigenvalue weighted by atomic mass is 35.5. The molecular weight excluding hydrogens is 330 g/mol. The van der Waals surface area contributed by atoms with Gasteiger partial charge in [0.25, 0.3) is 5.91 Å². The summed E-state index contributed by atoms with van der Waals surface area (Å²) in [6, 6.07) is 10.3. The molecule has 2 amide bonds. The summed E-state index contributed by atoms with van der Waals surface area (Å²) in [6.45, 7) is -0.251. The summed E-state index contributed by atoms with van der Waals surface area (Å²) < 4.78 is 13.0. The standard InChI is InChI=1S/C15H11Cl2FN2O2/c16-11-4-2-1-3-10(11)15(22)19-8-14(21)20-9-5-6-13(18)12(17)7-9/h1-7H,8H2,(H,19,22)(H,20,21). The molecule has 0 heterocycles. The van der Waals surface area contributed by atoms with Crippen LogP contribution in [0, 0.1) is 5.82 Å². The number of anilines is 1. The van der Waals surface area contributed by atoms with Gasteiger partial charge in [-0.2, -0.15) is 0 Å². The fourth-order valence-corrected chi connectivity index (χ4v) is 2.08. The highest BCUT2D eigenvalue weighted by Crippen LogP contribution is 2.19. The van der Waals surface area contributed by atoms with E-state index in [4.69, 9.17) is 23.2 Å². The summed E-state index contributed by atoms with van der Waals surface area (Å²) in [7, 11) is 0. The first-order chi connectivity index (χ1) is 10.5. The van der Waals surface area contributed by atoms with Crippen molar-refractivity contribution in [2.24, 2.45) is 0 Å². The predicted molar refractivity (Wildman–Crippen MR) is 83.8 cm³/mol. The molecule has 0 aliphatic heterocycles. The molecule has 0 atom stereocenters. The van der Waals surface area contributed by atoms with Crippen LogP contribution in [-0.4, -0.2) is 18.4 Å². The molecule has 4 nitrogen and oxygen atoms in total. The van der Waals surface area contributed by atoms with Crippen molar-refractivity contribution in [1.29, 1.82) is 0 Å². The Morgan fingerprint density at radius 2 is 1.77 bits per heavy atom. The van der Waals surface area contributed by atoms with Gasteiger partial charge in [0.15, 0.2) is 0 Å². The molecule has 0 radical (unpaired) electrons. The van der Waals surface area contributed by atoms with E-state index in [1.165, 1.54) is 12.1 Å². The maximum atomic E-state index is 13.0. The zero-order chi connectivity index (χ0) is 16.1. The maximum absolute atomic E-state index is 13.0. The highest BCUT2D eigenvalue weighted by molar-refractivity contribution is 6.33. The smallest absolute Gasteiger partial charge is 0.253 e. The van der Waals surface area contributed by atoms with Gasteiger partial charge in [-0.25, -0.2) is 4.39 Å². The van der Waals surface area contributed by atoms with E-state index in [1.807, 2.05) is 0 Å². The van der Waals surface area contributed by atoms with Crippen molar-refractivity contribution in [2.75, 3.05) is 11.9 Å². The van der Waals surface area contributed by atoms with Crippen molar-refractivity contribution in [1.82, 2.24) is 5.32 Å². The van der Waals surface area contributed by atoms with Crippen LogP contribution in [0.3, 0.4) is 0 Å². The lowest BCUT2D eigenvalue weighted by Crippen LogP contribution is -2.33. The van der Waals surface area contributed by atoms with E-state index in [1.54, 1.807) is 24.3 Å². The van der Waals surface area contributed by atoms with E-state index in [0.717, 1.165) is 6.07 Å². The third-order valence-corrected chi connectivity index (χ3v) is 3.35. The molecule has 2 N–H and O–H groups in total. The predicted octanol–water partition coefficient (Wildman–Crippen LogP) is 3.50. The van der Waals surface area contributed by atoms with E-state index in [2.05, 4.69) is 10.6 Å². The highest BCUT2D eigenvalue weighted by Gasteiger charge is 2.11. The quantitative estimate of drug-likeness (QED) is 0.894. The third-order valence-electron chi connectivity index (χ3n) is 2.73. The van der Waals surface area contributed by atoms with Crippen LogP contribution in [0.4, 0.5) is 10.1 Å². The fourth-order valence-electron chi connectivity index (χ4n) is 1.68. The van der Waals surface area contributed by atoms with E-state index < -0.39 is 17.6 Å². The van der Waals surface area contributed by atoms with Gasteiger partial charge in [0.1, 0.15) is 5.82 Å². The molecule has 2 aromatic carbocycles. The van der Waals surface area contributed by atoms with Crippen LogP contribution in [0.25, 0.3) is 0 Å². The van der Waals surface area contributed by atoms with Gasteiger partial charge in [0.05, 0.1) is 22.2 Å². The zero-order valence-corrected chi connectivity index (χ0v) is 12.7. The first-order valence-electron chi connectivity index (χ1n) is 6.25. The Bertz CT molecular complexity index is 722. The summed E-state index contributed by atoms with van der Waals surface area (Å²) in [5.74, 6) is -1.51. The molecule has 22 heavy (non-hydrogen) atoms. The second kappa shape index (κ2) is 7.24. The number of carbonyl (C=O) groups excluding carboxylic acids is 2. The van der Waals surface area contributed by atoms with Crippen molar-refractivity contribution in [2.45, 2.75) is 0 Å². The molecule has 0 unspecified atom stereocenters. The lowest BCUT2D eigenvalue weighted by Gasteiger charge is -2.08. The maximum Gasteiger partial charge on any atom is 0.253 e. The first-order valence-corrected chi connectivity index (χ1v) is 7.00. The zero-order valence-electron chi connectivity index (χ0n) is 11.2. The van der Waals surface area contributed by atoms with Crippen LogP contribution in [0.2, 0.25) is 10.0 Å². The van der Waals surface area contributed by atoms with Gasteiger partial charge in [-0.3, -0.25) is 9.59 Å². The van der Waals surface area contributed by atoms with Crippen LogP contribution < -0.4 is 10.6 Å². The Morgan fingerprint density at radius 1 is 1.05 bits per heavy atom. The van der Waals surface area contributed by atoms with Crippen LogP contribution in [0.15, 0.2) is 42.5 Å². The van der Waals surface area contributed by atoms with Crippen LogP contribution in [0.5, 0.6) is 0 Å². The number of halogens is 3. The van der Waals surface area contributed by atoms with Crippen LogP contribution in [-0.2, 0) is 4.79 Å². The first kappa shape index (κ1) is 16.3. The third kappa shape index (κ3) is 4.19. The monoisotopic (exact) mass is 340 g/mol. The molecule has 0 aliphatic carbocycles. The Balaban J connectivity index is 1.91. The number of carbonyl (C=O) groups is 2. The average Bonchev–Trinajstić information content (AvgIpc) is 2.49. The minimum atomic E-state index is -0.577. The van der Waals surface area contributed by atoms with E-state index in [0.29, 0.717) is 10.7 Å². The lowest BCUT2D eigenvalue weighted by molar-refractivity contribution is -0.115. The molecule has 0 aliphatic rings. The summed E-state index contributed by atoms with van der Waals surface area (Å²) >= 11 is 11.5. The van der Waals surface area contributed by atoms with Crippen LogP contribution in [0.1, 0.15) is 10.4 Å². The summed E-state index contributed by atoms with van der Waals surface area (Å²) in [5.41, 5.74) is 0.616. The second-order valence-corrected chi connectivity index (χ2v) is 5.15. The van der Waals surface area contributed by atoms with E-state index >= 15 is 0 Å². The SMILES string of the molecule is O=C(CNC(=O)c1ccccc1Cl)Nc1ccc(F)c(Cl)c1. The number of hydrogen-bond acceptors (Lipinski definition) is 2. The van der Waals surface area contributed by atoms with Gasteiger partial charge in [-0.15, -0.1) is 0 Å². The molecule has 0 fully saturated rings. The molecular formula is C15H11Cl2FN2O2. The van der Waals surface area contributed by atoms with E-state index in [-0.39, 0.29) is 17.1 Å². The van der Waals surface area contributed by atoms with Crippen molar-refractivity contribution < 1.29 is 14.0 Å². The van der Waals surface area contributed by atoms with Gasteiger partial charge >= 0.3 is 0 Å². The van der Waals surface area contributed by atoms with Gasteiger partial charge < -0.3 is 10.6 Å². The van der Waals surface area contributed by atoms with Crippen molar-refractivity contribution in [3.05, 3.63) is 63.9 Å². The molecule has 2 rings (SSSR count). The number of benzene rings is 2. The average molecular weight is 341 g/mol. The van der Waals surface area contributed by atoms with Crippen LogP contribution >= 0.6 is 23.2 Å². The molecule has 0 aromatic heterocycles. The number of hydrogen-bond donors (Lipinski definition) is 2. The molecule has 0 bridgehead atoms. The fraction of sp³-hybridized carbons (Fsp3) is 0.0667. The molecule has 0 saturated carbocycles. The van der Waals surface area contributed by atoms with Gasteiger partial charge in [-0.05, 0) is 30.3 Å². The van der Waals surface area contributed by atoms with Gasteiger partial charge in [-0.1, -0.05) is 35.3 Å². The summed E-state index contributed by atoms with van der Waals surface area (Å²) in [6.07, 6.45) is 0. The minimum Gasteiger partial charge on any atom is -0.343 e. The summed E-state index contributed by atoms with van der Waals surface area (Å²) in [5, 5.41) is 5.13. The Hall–Kier alpha value is -2.11. The van der Waals surface area contributed by atoms with E-state index in [9.17, 15) is 14.0 Å².